The molecule has 0 radical (unpaired) electrons. The molecule has 0 aliphatic rings. The summed E-state index contributed by atoms with van der Waals surface area (Å²) in [5.41, 5.74) is 5.42. The molecule has 2 N–H and O–H groups in total. The summed E-state index contributed by atoms with van der Waals surface area (Å²) in [5, 5.41) is 0. The Hall–Kier alpha value is -0.890. The Labute approximate surface area is 90.4 Å². The summed E-state index contributed by atoms with van der Waals surface area (Å²) in [7, 11) is 0. The fourth-order valence-electron chi connectivity index (χ4n) is 0.831. The molecule has 0 aliphatic carbocycles. The van der Waals surface area contributed by atoms with E-state index in [0.717, 1.165) is 6.20 Å². The summed E-state index contributed by atoms with van der Waals surface area (Å²) < 4.78 is 51.8. The molecule has 0 saturated carbocycles. The van der Waals surface area contributed by atoms with Crippen molar-refractivity contribution in [3.05, 3.63) is 22.2 Å². The molecule has 0 unspecified atom stereocenters. The monoisotopic (exact) mass is 288 g/mol. The normalized spacial score (nSPS) is 11.6. The lowest BCUT2D eigenvalue weighted by molar-refractivity contribution is -0.276. The van der Waals surface area contributed by atoms with Crippen LogP contribution in [0.25, 0.3) is 0 Å². The zero-order valence-corrected chi connectivity index (χ0v) is 8.69. The molecule has 1 heterocycles. The first kappa shape index (κ1) is 12.2. The molecule has 1 aromatic heterocycles. The van der Waals surface area contributed by atoms with Crippen LogP contribution in [0.1, 0.15) is 5.56 Å². The van der Waals surface area contributed by atoms with Crippen molar-refractivity contribution in [3.8, 4) is 5.75 Å². The first-order chi connectivity index (χ1) is 6.85. The molecule has 0 aliphatic heterocycles. The van der Waals surface area contributed by atoms with Crippen molar-refractivity contribution in [2.24, 2.45) is 5.73 Å². The molecule has 0 atom stereocenters. The van der Waals surface area contributed by atoms with Crippen LogP contribution < -0.4 is 10.5 Å². The van der Waals surface area contributed by atoms with E-state index in [9.17, 15) is 17.6 Å². The first-order valence-electron chi connectivity index (χ1n) is 3.64. The zero-order chi connectivity index (χ0) is 11.6. The summed E-state index contributed by atoms with van der Waals surface area (Å²) in [6.07, 6.45) is -3.94. The third-order valence-electron chi connectivity index (χ3n) is 1.44. The average molecular weight is 289 g/mol. The van der Waals surface area contributed by atoms with E-state index in [1.54, 1.807) is 0 Å². The fraction of sp³-hybridized carbons (Fsp3) is 0.286. The molecule has 1 rings (SSSR count). The van der Waals surface area contributed by atoms with E-state index >= 15 is 0 Å². The van der Waals surface area contributed by atoms with E-state index in [1.165, 1.54) is 0 Å². The number of hydrogen-bond donors (Lipinski definition) is 1. The molecule has 1 aromatic rings. The molecular weight excluding hydrogens is 284 g/mol. The zero-order valence-electron chi connectivity index (χ0n) is 7.11. The van der Waals surface area contributed by atoms with Crippen LogP contribution in [0.5, 0.6) is 5.75 Å². The van der Waals surface area contributed by atoms with Gasteiger partial charge < -0.3 is 10.5 Å². The van der Waals surface area contributed by atoms with Crippen LogP contribution in [0, 0.1) is 5.95 Å². The minimum atomic E-state index is -4.97. The highest BCUT2D eigenvalue weighted by atomic mass is 79.9. The van der Waals surface area contributed by atoms with Gasteiger partial charge in [0.05, 0.1) is 4.47 Å². The molecule has 8 heteroatoms. The molecule has 0 aromatic carbocycles. The number of aromatic nitrogens is 1. The lowest BCUT2D eigenvalue weighted by Gasteiger charge is -2.12. The minimum Gasteiger partial charge on any atom is -0.400 e. The number of nitrogens with zero attached hydrogens (tertiary/aromatic N) is 1. The summed E-state index contributed by atoms with van der Waals surface area (Å²) in [4.78, 5) is 3.09. The fourth-order valence-corrected chi connectivity index (χ4v) is 1.34. The van der Waals surface area contributed by atoms with Crippen molar-refractivity contribution in [1.29, 1.82) is 0 Å². The number of hydrogen-bond acceptors (Lipinski definition) is 3. The Bertz CT molecular complexity index is 369. The van der Waals surface area contributed by atoms with Crippen LogP contribution in [0.15, 0.2) is 10.7 Å². The maximum Gasteiger partial charge on any atom is 0.573 e. The van der Waals surface area contributed by atoms with Gasteiger partial charge in [-0.1, -0.05) is 0 Å². The molecular formula is C7H5BrF4N2O. The molecule has 15 heavy (non-hydrogen) atoms. The minimum absolute atomic E-state index is 0.0813. The number of pyridine rings is 1. The Balaban J connectivity index is 3.15. The number of rotatable bonds is 2. The molecule has 0 fully saturated rings. The van der Waals surface area contributed by atoms with E-state index < -0.39 is 18.1 Å². The highest BCUT2D eigenvalue weighted by Crippen LogP contribution is 2.34. The summed E-state index contributed by atoms with van der Waals surface area (Å²) in [6, 6.07) is 0. The third-order valence-corrected chi connectivity index (χ3v) is 2.31. The van der Waals surface area contributed by atoms with Gasteiger partial charge in [-0.2, -0.15) is 4.39 Å². The van der Waals surface area contributed by atoms with Crippen LogP contribution in [-0.4, -0.2) is 11.3 Å². The number of nitrogens with two attached hydrogens (primary N) is 1. The molecule has 0 amide bonds. The average Bonchev–Trinajstić information content (AvgIpc) is 2.11. The quantitative estimate of drug-likeness (QED) is 0.671. The third kappa shape index (κ3) is 3.03. The standard InChI is InChI=1S/C7H5BrF4N2O/c8-4-3(1-13)2-14-6(9)5(4)15-7(10,11)12/h2H,1,13H2. The van der Waals surface area contributed by atoms with Crippen molar-refractivity contribution < 1.29 is 22.3 Å². The Morgan fingerprint density at radius 1 is 1.47 bits per heavy atom. The smallest absolute Gasteiger partial charge is 0.400 e. The summed E-state index contributed by atoms with van der Waals surface area (Å²) >= 11 is 2.76. The molecule has 0 saturated heterocycles. The Kier molecular flexibility index (Phi) is 3.50. The predicted molar refractivity (Wildman–Crippen MR) is 46.5 cm³/mol. The van der Waals surface area contributed by atoms with Crippen LogP contribution in [0.2, 0.25) is 0 Å². The largest absolute Gasteiger partial charge is 0.573 e. The SMILES string of the molecule is NCc1cnc(F)c(OC(F)(F)F)c1Br. The van der Waals surface area contributed by atoms with Gasteiger partial charge in [-0.3, -0.25) is 0 Å². The van der Waals surface area contributed by atoms with E-state index in [0.29, 0.717) is 0 Å². The van der Waals surface area contributed by atoms with Crippen molar-refractivity contribution in [2.45, 2.75) is 12.9 Å². The molecule has 0 spiro atoms. The van der Waals surface area contributed by atoms with Gasteiger partial charge >= 0.3 is 6.36 Å². The lowest BCUT2D eigenvalue weighted by atomic mass is 10.3. The lowest BCUT2D eigenvalue weighted by Crippen LogP contribution is -2.19. The maximum absolute atomic E-state index is 12.9. The van der Waals surface area contributed by atoms with Crippen molar-refractivity contribution in [3.63, 3.8) is 0 Å². The van der Waals surface area contributed by atoms with Crippen LogP contribution in [0.4, 0.5) is 17.6 Å². The van der Waals surface area contributed by atoms with Crippen molar-refractivity contribution in [2.75, 3.05) is 0 Å². The second kappa shape index (κ2) is 4.31. The van der Waals surface area contributed by atoms with Gasteiger partial charge in [0.25, 0.3) is 5.95 Å². The summed E-state index contributed by atoms with van der Waals surface area (Å²) in [6.45, 7) is -0.0813. The van der Waals surface area contributed by atoms with E-state index in [1.807, 2.05) is 0 Å². The van der Waals surface area contributed by atoms with E-state index in [4.69, 9.17) is 5.73 Å². The van der Waals surface area contributed by atoms with Gasteiger partial charge in [0.2, 0.25) is 0 Å². The first-order valence-corrected chi connectivity index (χ1v) is 4.43. The van der Waals surface area contributed by atoms with Gasteiger partial charge in [0.1, 0.15) is 0 Å². The number of alkyl halides is 3. The molecule has 84 valence electrons. The Morgan fingerprint density at radius 2 is 2.07 bits per heavy atom. The van der Waals surface area contributed by atoms with Crippen LogP contribution >= 0.6 is 15.9 Å². The molecule has 0 bridgehead atoms. The highest BCUT2D eigenvalue weighted by molar-refractivity contribution is 9.10. The Morgan fingerprint density at radius 3 is 2.53 bits per heavy atom. The molecule has 3 nitrogen and oxygen atoms in total. The van der Waals surface area contributed by atoms with E-state index in [2.05, 4.69) is 25.7 Å². The van der Waals surface area contributed by atoms with Gasteiger partial charge in [0.15, 0.2) is 5.75 Å². The summed E-state index contributed by atoms with van der Waals surface area (Å²) in [5.74, 6) is -2.36. The van der Waals surface area contributed by atoms with Crippen molar-refractivity contribution in [1.82, 2.24) is 4.98 Å². The van der Waals surface area contributed by atoms with E-state index in [-0.39, 0.29) is 16.6 Å². The topological polar surface area (TPSA) is 48.1 Å². The number of ether oxygens (including phenoxy) is 1. The predicted octanol–water partition coefficient (Wildman–Crippen LogP) is 2.34. The van der Waals surface area contributed by atoms with Gasteiger partial charge in [0, 0.05) is 18.3 Å². The second-order valence-electron chi connectivity index (χ2n) is 2.47. The highest BCUT2D eigenvalue weighted by Gasteiger charge is 2.34. The van der Waals surface area contributed by atoms with Crippen LogP contribution in [-0.2, 0) is 6.54 Å². The maximum atomic E-state index is 12.9. The van der Waals surface area contributed by atoms with Gasteiger partial charge in [-0.15, -0.1) is 13.2 Å². The van der Waals surface area contributed by atoms with Crippen LogP contribution in [0.3, 0.4) is 0 Å². The van der Waals surface area contributed by atoms with Gasteiger partial charge in [-0.05, 0) is 15.9 Å². The van der Waals surface area contributed by atoms with Gasteiger partial charge in [-0.25, -0.2) is 4.98 Å². The van der Waals surface area contributed by atoms with Crippen molar-refractivity contribution >= 4 is 15.9 Å². The second-order valence-corrected chi connectivity index (χ2v) is 3.26. The number of halogens is 5.